The van der Waals surface area contributed by atoms with Crippen LogP contribution in [0.4, 0.5) is 0 Å². The Balaban J connectivity index is 2.31. The molecule has 0 unspecified atom stereocenters. The van der Waals surface area contributed by atoms with Gasteiger partial charge in [-0.2, -0.15) is 0 Å². The summed E-state index contributed by atoms with van der Waals surface area (Å²) in [6, 6.07) is 0. The van der Waals surface area contributed by atoms with Crippen LogP contribution in [0.25, 0.3) is 0 Å². The lowest BCUT2D eigenvalue weighted by atomic mass is 10.4. The molecule has 1 heterocycles. The molecule has 0 spiro atoms. The number of nitrogens with one attached hydrogen (secondary N) is 2. The normalized spacial score (nSPS) is 8.93. The van der Waals surface area contributed by atoms with Gasteiger partial charge in [-0.1, -0.05) is 5.16 Å². The van der Waals surface area contributed by atoms with Crippen LogP contribution in [0.3, 0.4) is 0 Å². The molecule has 2 N–H and O–H groups in total. The van der Waals surface area contributed by atoms with E-state index in [0.717, 1.165) is 0 Å². The first kappa shape index (κ1) is 10.5. The number of hydrogen-bond donors (Lipinski definition) is 2. The molecule has 14 heavy (non-hydrogen) atoms. The number of carbonyl (C=O) groups is 1. The van der Waals surface area contributed by atoms with E-state index < -0.39 is 11.7 Å². The standard InChI is InChI=1S/C7H6BrN3O3/c8-3-1-6(12)9-4-2-5-10-7(13)14-11-5/h2,4H2,(H,9,12)(H,10,11,13). The van der Waals surface area contributed by atoms with E-state index >= 15 is 0 Å². The van der Waals surface area contributed by atoms with E-state index in [1.807, 2.05) is 0 Å². The summed E-state index contributed by atoms with van der Waals surface area (Å²) in [7, 11) is 0. The zero-order valence-corrected chi connectivity index (χ0v) is 8.55. The molecule has 0 saturated carbocycles. The van der Waals surface area contributed by atoms with Crippen LogP contribution in [-0.2, 0) is 11.2 Å². The molecule has 74 valence electrons. The van der Waals surface area contributed by atoms with E-state index in [4.69, 9.17) is 0 Å². The number of aromatic nitrogens is 2. The van der Waals surface area contributed by atoms with E-state index in [0.29, 0.717) is 18.8 Å². The lowest BCUT2D eigenvalue weighted by Crippen LogP contribution is -2.24. The first-order chi connectivity index (χ1) is 6.72. The molecule has 0 saturated heterocycles. The largest absolute Gasteiger partial charge is 0.438 e. The maximum Gasteiger partial charge on any atom is 0.438 e. The molecule has 0 fully saturated rings. The van der Waals surface area contributed by atoms with Gasteiger partial charge in [0.2, 0.25) is 0 Å². The Kier molecular flexibility index (Phi) is 3.94. The first-order valence-electron chi connectivity index (χ1n) is 3.66. The highest BCUT2D eigenvalue weighted by Crippen LogP contribution is 1.84. The van der Waals surface area contributed by atoms with Crippen molar-refractivity contribution in [2.24, 2.45) is 0 Å². The predicted octanol–water partition coefficient (Wildman–Crippen LogP) is -0.623. The fraction of sp³-hybridized carbons (Fsp3) is 0.286. The van der Waals surface area contributed by atoms with Gasteiger partial charge in [0.15, 0.2) is 5.82 Å². The minimum atomic E-state index is -0.605. The Bertz CT molecular complexity index is 425. The number of H-pyrrole nitrogens is 1. The van der Waals surface area contributed by atoms with Crippen LogP contribution >= 0.6 is 15.9 Å². The van der Waals surface area contributed by atoms with Gasteiger partial charge in [-0.15, -0.1) is 0 Å². The van der Waals surface area contributed by atoms with E-state index in [1.165, 1.54) is 0 Å². The maximum atomic E-state index is 10.8. The van der Waals surface area contributed by atoms with Crippen molar-refractivity contribution in [1.82, 2.24) is 15.5 Å². The molecule has 1 aromatic heterocycles. The summed E-state index contributed by atoms with van der Waals surface area (Å²) in [5.74, 6) is 1.63. The van der Waals surface area contributed by atoms with Gasteiger partial charge in [-0.3, -0.25) is 14.3 Å². The molecular formula is C7H6BrN3O3. The fourth-order valence-electron chi connectivity index (χ4n) is 0.750. The maximum absolute atomic E-state index is 10.8. The molecule has 7 heteroatoms. The van der Waals surface area contributed by atoms with Crippen LogP contribution in [0.1, 0.15) is 5.82 Å². The molecule has 0 aliphatic carbocycles. The van der Waals surface area contributed by atoms with Gasteiger partial charge in [-0.25, -0.2) is 4.79 Å². The molecule has 1 aromatic rings. The summed E-state index contributed by atoms with van der Waals surface area (Å²) < 4.78 is 4.26. The van der Waals surface area contributed by atoms with Crippen molar-refractivity contribution >= 4 is 21.8 Å². The quantitative estimate of drug-likeness (QED) is 0.709. The number of hydrogen-bond acceptors (Lipinski definition) is 4. The second kappa shape index (κ2) is 5.24. The summed E-state index contributed by atoms with van der Waals surface area (Å²) in [5, 5.41) is 5.91. The van der Waals surface area contributed by atoms with Crippen molar-refractivity contribution in [3.63, 3.8) is 0 Å². The van der Waals surface area contributed by atoms with Crippen LogP contribution in [0, 0.1) is 10.8 Å². The highest BCUT2D eigenvalue weighted by atomic mass is 79.9. The summed E-state index contributed by atoms with van der Waals surface area (Å²) in [6.45, 7) is 0.336. The van der Waals surface area contributed by atoms with E-state index in [9.17, 15) is 9.59 Å². The molecule has 0 aromatic carbocycles. The molecule has 0 atom stereocenters. The Hall–Kier alpha value is -1.55. The SMILES string of the molecule is O=C(C#CBr)NCCc1noc(=O)[nH]1. The minimum absolute atomic E-state index is 0.336. The minimum Gasteiger partial charge on any atom is -0.345 e. The Morgan fingerprint density at radius 3 is 3.07 bits per heavy atom. The molecule has 1 amide bonds. The second-order valence-corrected chi connectivity index (χ2v) is 2.66. The van der Waals surface area contributed by atoms with Gasteiger partial charge >= 0.3 is 5.76 Å². The smallest absolute Gasteiger partial charge is 0.345 e. The lowest BCUT2D eigenvalue weighted by Gasteiger charge is -1.95. The summed E-state index contributed by atoms with van der Waals surface area (Å²) >= 11 is 2.79. The number of carbonyl (C=O) groups excluding carboxylic acids is 1. The number of nitrogens with zero attached hydrogens (tertiary/aromatic N) is 1. The molecule has 0 radical (unpaired) electrons. The Morgan fingerprint density at radius 1 is 1.71 bits per heavy atom. The third kappa shape index (κ3) is 3.45. The number of aromatic amines is 1. The van der Waals surface area contributed by atoms with Gasteiger partial charge in [0.1, 0.15) is 0 Å². The summed E-state index contributed by atoms with van der Waals surface area (Å²) in [5.41, 5.74) is 0. The van der Waals surface area contributed by atoms with Gasteiger partial charge < -0.3 is 5.32 Å². The van der Waals surface area contributed by atoms with Crippen molar-refractivity contribution in [2.75, 3.05) is 6.54 Å². The Labute approximate surface area is 87.2 Å². The van der Waals surface area contributed by atoms with Crippen molar-refractivity contribution in [3.8, 4) is 10.8 Å². The second-order valence-electron chi connectivity index (χ2n) is 2.27. The van der Waals surface area contributed by atoms with Crippen LogP contribution in [0.15, 0.2) is 9.32 Å². The lowest BCUT2D eigenvalue weighted by molar-refractivity contribution is -0.115. The first-order valence-corrected chi connectivity index (χ1v) is 4.46. The van der Waals surface area contributed by atoms with Crippen LogP contribution in [-0.4, -0.2) is 22.6 Å². The van der Waals surface area contributed by atoms with E-state index in [1.54, 1.807) is 0 Å². The van der Waals surface area contributed by atoms with Gasteiger partial charge in [0.25, 0.3) is 5.91 Å². The van der Waals surface area contributed by atoms with Gasteiger partial charge in [0.05, 0.1) is 0 Å². The average Bonchev–Trinajstić information content (AvgIpc) is 2.52. The summed E-state index contributed by atoms with van der Waals surface area (Å²) in [4.78, 5) is 25.9. The molecule has 6 nitrogen and oxygen atoms in total. The zero-order chi connectivity index (χ0) is 10.4. The van der Waals surface area contributed by atoms with Crippen molar-refractivity contribution in [1.29, 1.82) is 0 Å². The predicted molar refractivity (Wildman–Crippen MR) is 50.5 cm³/mol. The van der Waals surface area contributed by atoms with Crippen LogP contribution < -0.4 is 11.1 Å². The highest BCUT2D eigenvalue weighted by molar-refractivity contribution is 9.12. The van der Waals surface area contributed by atoms with Crippen molar-refractivity contribution in [2.45, 2.75) is 6.42 Å². The van der Waals surface area contributed by atoms with E-state index in [2.05, 4.69) is 46.7 Å². The third-order valence-electron chi connectivity index (χ3n) is 1.29. The number of rotatable bonds is 3. The van der Waals surface area contributed by atoms with Crippen molar-refractivity contribution < 1.29 is 9.32 Å². The van der Waals surface area contributed by atoms with Crippen LogP contribution in [0.2, 0.25) is 0 Å². The molecule has 0 bridgehead atoms. The monoisotopic (exact) mass is 259 g/mol. The third-order valence-corrected chi connectivity index (χ3v) is 1.49. The van der Waals surface area contributed by atoms with E-state index in [-0.39, 0.29) is 0 Å². The molecular weight excluding hydrogens is 254 g/mol. The molecule has 0 aliphatic heterocycles. The Morgan fingerprint density at radius 2 is 2.50 bits per heavy atom. The topological polar surface area (TPSA) is 88.0 Å². The van der Waals surface area contributed by atoms with Crippen molar-refractivity contribution in [3.05, 3.63) is 16.4 Å². The average molecular weight is 260 g/mol. The van der Waals surface area contributed by atoms with Gasteiger partial charge in [-0.05, 0) is 4.83 Å². The highest BCUT2D eigenvalue weighted by Gasteiger charge is 2.00. The zero-order valence-electron chi connectivity index (χ0n) is 6.96. The number of halogens is 1. The molecule has 0 aliphatic rings. The fourth-order valence-corrected chi connectivity index (χ4v) is 0.930. The molecule has 1 rings (SSSR count). The van der Waals surface area contributed by atoms with Gasteiger partial charge in [0, 0.05) is 34.8 Å². The summed E-state index contributed by atoms with van der Waals surface area (Å²) in [6.07, 6.45) is 0.390. The van der Waals surface area contributed by atoms with Crippen LogP contribution in [0.5, 0.6) is 0 Å². The number of amides is 1.